The molecule has 0 aliphatic carbocycles. The van der Waals surface area contributed by atoms with Crippen LogP contribution in [-0.2, 0) is 4.79 Å². The first-order chi connectivity index (χ1) is 10.2. The first-order valence-corrected chi connectivity index (χ1v) is 7.44. The van der Waals surface area contributed by atoms with Gasteiger partial charge in [-0.25, -0.2) is 0 Å². The molecule has 2 aromatic rings. The summed E-state index contributed by atoms with van der Waals surface area (Å²) in [4.78, 5) is 11.7. The molecule has 0 bridgehead atoms. The van der Waals surface area contributed by atoms with Gasteiger partial charge in [-0.15, -0.1) is 0 Å². The average Bonchev–Trinajstić information content (AvgIpc) is 2.91. The lowest BCUT2D eigenvalue weighted by molar-refractivity contribution is -0.116. The molecule has 0 radical (unpaired) electrons. The lowest BCUT2D eigenvalue weighted by atomic mass is 10.2. The Kier molecular flexibility index (Phi) is 5.55. The van der Waals surface area contributed by atoms with Gasteiger partial charge in [0.2, 0.25) is 11.9 Å². The summed E-state index contributed by atoms with van der Waals surface area (Å²) in [7, 11) is 0. The number of benzene rings is 1. The minimum absolute atomic E-state index is 0.387. The second-order valence-electron chi connectivity index (χ2n) is 5.06. The average molecular weight is 288 g/mol. The number of aromatic nitrogens is 1. The monoisotopic (exact) mass is 288 g/mol. The number of halogens is 1. The van der Waals surface area contributed by atoms with E-state index >= 15 is 0 Å². The molecule has 0 saturated heterocycles. The van der Waals surface area contributed by atoms with Crippen LogP contribution < -0.4 is 5.32 Å². The van der Waals surface area contributed by atoms with Crippen LogP contribution in [-0.4, -0.2) is 17.0 Å². The first kappa shape index (κ1) is 15.3. The van der Waals surface area contributed by atoms with Crippen LogP contribution in [0, 0.1) is 0 Å². The van der Waals surface area contributed by atoms with Gasteiger partial charge in [0.1, 0.15) is 0 Å². The summed E-state index contributed by atoms with van der Waals surface area (Å²) < 4.78 is 15.5. The van der Waals surface area contributed by atoms with Gasteiger partial charge >= 0.3 is 0 Å². The molecular formula is C17H21FN2O. The molecule has 0 fully saturated rings. The number of hydrogen-bond donors (Lipinski definition) is 1. The maximum atomic E-state index is 14.1. The van der Waals surface area contributed by atoms with E-state index in [-0.39, 0.29) is 5.91 Å². The third-order valence-electron chi connectivity index (χ3n) is 3.41. The summed E-state index contributed by atoms with van der Waals surface area (Å²) in [6.07, 6.45) is 6.97. The van der Waals surface area contributed by atoms with Crippen molar-refractivity contribution in [1.82, 2.24) is 9.88 Å². The van der Waals surface area contributed by atoms with E-state index in [0.717, 1.165) is 42.7 Å². The number of nitrogens with zero attached hydrogens (tertiary/aromatic N) is 1. The Bertz CT molecular complexity index is 631. The van der Waals surface area contributed by atoms with Crippen LogP contribution in [0.4, 0.5) is 4.39 Å². The lowest BCUT2D eigenvalue weighted by Crippen LogP contribution is -2.22. The lowest BCUT2D eigenvalue weighted by Gasteiger charge is -2.04. The van der Waals surface area contributed by atoms with Gasteiger partial charge in [0.25, 0.3) is 0 Å². The molecule has 1 N–H and O–H groups in total. The largest absolute Gasteiger partial charge is 0.352 e. The summed E-state index contributed by atoms with van der Waals surface area (Å²) in [6, 6.07) is 9.31. The zero-order valence-corrected chi connectivity index (χ0v) is 12.3. The molecule has 1 aromatic heterocycles. The van der Waals surface area contributed by atoms with Gasteiger partial charge in [0.05, 0.1) is 11.6 Å². The van der Waals surface area contributed by atoms with Crippen LogP contribution in [0.3, 0.4) is 0 Å². The molecule has 21 heavy (non-hydrogen) atoms. The number of nitrogens with one attached hydrogen (secondary N) is 1. The molecule has 1 amide bonds. The van der Waals surface area contributed by atoms with Crippen LogP contribution in [0.5, 0.6) is 0 Å². The van der Waals surface area contributed by atoms with Crippen LogP contribution in [0.2, 0.25) is 0 Å². The van der Waals surface area contributed by atoms with E-state index < -0.39 is 5.95 Å². The molecule has 0 aliphatic heterocycles. The van der Waals surface area contributed by atoms with E-state index in [2.05, 4.69) is 12.2 Å². The van der Waals surface area contributed by atoms with E-state index in [0.29, 0.717) is 6.54 Å². The fraction of sp³-hybridized carbons (Fsp3) is 0.353. The van der Waals surface area contributed by atoms with Crippen molar-refractivity contribution in [3.8, 4) is 0 Å². The maximum absolute atomic E-state index is 14.1. The summed E-state index contributed by atoms with van der Waals surface area (Å²) in [5.74, 6) is -0.955. The molecule has 1 heterocycles. The fourth-order valence-electron chi connectivity index (χ4n) is 2.26. The fourth-order valence-corrected chi connectivity index (χ4v) is 2.26. The molecule has 2 rings (SSSR count). The van der Waals surface area contributed by atoms with E-state index in [1.54, 1.807) is 6.20 Å². The molecule has 4 heteroatoms. The normalized spacial score (nSPS) is 11.8. The molecule has 0 atom stereocenters. The van der Waals surface area contributed by atoms with Gasteiger partial charge in [-0.05, 0) is 18.6 Å². The highest BCUT2D eigenvalue weighted by atomic mass is 19.1. The van der Waals surface area contributed by atoms with Crippen molar-refractivity contribution < 1.29 is 9.18 Å². The zero-order chi connectivity index (χ0) is 15.1. The van der Waals surface area contributed by atoms with E-state index in [4.69, 9.17) is 0 Å². The van der Waals surface area contributed by atoms with Gasteiger partial charge in [-0.3, -0.25) is 9.36 Å². The molecular weight excluding hydrogens is 267 g/mol. The Balaban J connectivity index is 1.95. The number of carbonyl (C=O) groups is 1. The van der Waals surface area contributed by atoms with Crippen molar-refractivity contribution in [2.45, 2.75) is 32.6 Å². The molecule has 1 aromatic carbocycles. The quantitative estimate of drug-likeness (QED) is 0.604. The van der Waals surface area contributed by atoms with Gasteiger partial charge in [0, 0.05) is 18.1 Å². The number of carbonyl (C=O) groups excluding carboxylic acids is 1. The van der Waals surface area contributed by atoms with Crippen LogP contribution in [0.25, 0.3) is 16.9 Å². The number of hydrogen-bond acceptors (Lipinski definition) is 1. The van der Waals surface area contributed by atoms with Crippen molar-refractivity contribution in [3.05, 3.63) is 42.6 Å². The minimum Gasteiger partial charge on any atom is -0.352 e. The molecule has 0 spiro atoms. The smallest absolute Gasteiger partial charge is 0.248 e. The third-order valence-corrected chi connectivity index (χ3v) is 3.41. The van der Waals surface area contributed by atoms with Crippen molar-refractivity contribution in [2.24, 2.45) is 0 Å². The predicted octanol–water partition coefficient (Wildman–Crippen LogP) is 4.11. The Morgan fingerprint density at radius 3 is 2.86 bits per heavy atom. The second kappa shape index (κ2) is 7.62. The predicted molar refractivity (Wildman–Crippen MR) is 84.5 cm³/mol. The Hall–Kier alpha value is -2.10. The molecule has 0 saturated carbocycles. The van der Waals surface area contributed by atoms with Crippen molar-refractivity contribution in [3.63, 3.8) is 0 Å². The molecule has 3 nitrogen and oxygen atoms in total. The van der Waals surface area contributed by atoms with Crippen LogP contribution in [0.1, 0.15) is 32.6 Å². The standard InChI is InChI=1S/C17H21FN2O/c1-2-3-4-7-11-19-17(21)13-16(18)20-12-10-14-8-5-6-9-15(14)20/h5-6,8-10,12-13H,2-4,7,11H2,1H3,(H,19,21)/b16-13+. The van der Waals surface area contributed by atoms with E-state index in [1.165, 1.54) is 4.57 Å². The Labute approximate surface area is 124 Å². The van der Waals surface area contributed by atoms with Crippen molar-refractivity contribution >= 4 is 22.8 Å². The topological polar surface area (TPSA) is 34.0 Å². The number of unbranched alkanes of at least 4 members (excludes halogenated alkanes) is 3. The summed E-state index contributed by atoms with van der Waals surface area (Å²) in [5, 5.41) is 3.66. The number of para-hydroxylation sites is 1. The highest BCUT2D eigenvalue weighted by molar-refractivity contribution is 5.93. The highest BCUT2D eigenvalue weighted by Crippen LogP contribution is 2.19. The van der Waals surface area contributed by atoms with Crippen LogP contribution >= 0.6 is 0 Å². The van der Waals surface area contributed by atoms with Gasteiger partial charge in [-0.2, -0.15) is 4.39 Å². The molecule has 0 aliphatic rings. The highest BCUT2D eigenvalue weighted by Gasteiger charge is 2.06. The van der Waals surface area contributed by atoms with Gasteiger partial charge < -0.3 is 5.32 Å². The van der Waals surface area contributed by atoms with Gasteiger partial charge in [-0.1, -0.05) is 44.4 Å². The van der Waals surface area contributed by atoms with Crippen molar-refractivity contribution in [2.75, 3.05) is 6.54 Å². The first-order valence-electron chi connectivity index (χ1n) is 7.44. The summed E-state index contributed by atoms with van der Waals surface area (Å²) in [6.45, 7) is 2.73. The second-order valence-corrected chi connectivity index (χ2v) is 5.06. The number of amides is 1. The Morgan fingerprint density at radius 1 is 1.24 bits per heavy atom. The Morgan fingerprint density at radius 2 is 2.05 bits per heavy atom. The van der Waals surface area contributed by atoms with Crippen molar-refractivity contribution in [1.29, 1.82) is 0 Å². The summed E-state index contributed by atoms with van der Waals surface area (Å²) in [5.41, 5.74) is 0.752. The molecule has 112 valence electrons. The van der Waals surface area contributed by atoms with E-state index in [9.17, 15) is 9.18 Å². The third kappa shape index (κ3) is 4.18. The number of rotatable bonds is 7. The summed E-state index contributed by atoms with van der Waals surface area (Å²) >= 11 is 0. The van der Waals surface area contributed by atoms with Crippen LogP contribution in [0.15, 0.2) is 42.6 Å². The zero-order valence-electron chi connectivity index (χ0n) is 12.3. The maximum Gasteiger partial charge on any atom is 0.248 e. The molecule has 0 unspecified atom stereocenters. The SMILES string of the molecule is CCCCCCNC(=O)/C=C(\F)n1ccc2ccccc21. The van der Waals surface area contributed by atoms with E-state index in [1.807, 2.05) is 30.3 Å². The van der Waals surface area contributed by atoms with Gasteiger partial charge in [0.15, 0.2) is 0 Å². The number of fused-ring (bicyclic) bond motifs is 1. The minimum atomic E-state index is -0.567.